The van der Waals surface area contributed by atoms with Crippen molar-refractivity contribution in [1.82, 2.24) is 5.32 Å². The third-order valence-corrected chi connectivity index (χ3v) is 2.95. The van der Waals surface area contributed by atoms with Gasteiger partial charge in [0.2, 0.25) is 0 Å². The first-order chi connectivity index (χ1) is 8.86. The van der Waals surface area contributed by atoms with Crippen molar-refractivity contribution in [2.75, 3.05) is 0 Å². The van der Waals surface area contributed by atoms with Gasteiger partial charge < -0.3 is 10.4 Å². The number of carbonyl (C=O) groups excluding carboxylic acids is 1. The van der Waals surface area contributed by atoms with Gasteiger partial charge in [-0.3, -0.25) is 4.79 Å². The van der Waals surface area contributed by atoms with Crippen molar-refractivity contribution in [3.05, 3.63) is 35.4 Å². The van der Waals surface area contributed by atoms with E-state index >= 15 is 0 Å². The Morgan fingerprint density at radius 2 is 1.95 bits per heavy atom. The van der Waals surface area contributed by atoms with Crippen LogP contribution in [0.15, 0.2) is 18.2 Å². The Morgan fingerprint density at radius 1 is 1.32 bits per heavy atom. The summed E-state index contributed by atoms with van der Waals surface area (Å²) in [4.78, 5) is 22.8. The first-order valence-electron chi connectivity index (χ1n) is 5.85. The van der Waals surface area contributed by atoms with Crippen LogP contribution in [0.4, 0.5) is 8.78 Å². The molecule has 0 saturated heterocycles. The highest BCUT2D eigenvalue weighted by Crippen LogP contribution is 2.11. The zero-order valence-electron chi connectivity index (χ0n) is 10.6. The quantitative estimate of drug-likeness (QED) is 0.862. The van der Waals surface area contributed by atoms with Gasteiger partial charge in [-0.2, -0.15) is 0 Å². The fraction of sp³-hybridized carbons (Fsp3) is 0.385. The van der Waals surface area contributed by atoms with E-state index in [1.54, 1.807) is 13.8 Å². The van der Waals surface area contributed by atoms with Gasteiger partial charge in [-0.05, 0) is 24.1 Å². The number of amides is 1. The molecule has 2 unspecified atom stereocenters. The number of rotatable bonds is 5. The molecule has 0 aliphatic heterocycles. The number of aliphatic carboxylic acids is 1. The molecule has 0 heterocycles. The van der Waals surface area contributed by atoms with Gasteiger partial charge in [0.05, 0.1) is 0 Å². The van der Waals surface area contributed by atoms with E-state index in [1.807, 2.05) is 0 Å². The van der Waals surface area contributed by atoms with Crippen LogP contribution in [-0.4, -0.2) is 23.0 Å². The minimum absolute atomic E-state index is 0.117. The second-order valence-corrected chi connectivity index (χ2v) is 4.30. The van der Waals surface area contributed by atoms with E-state index in [0.29, 0.717) is 6.42 Å². The lowest BCUT2D eigenvalue weighted by molar-refractivity contribution is -0.140. The molecule has 2 atom stereocenters. The van der Waals surface area contributed by atoms with Crippen LogP contribution in [-0.2, 0) is 4.79 Å². The average Bonchev–Trinajstić information content (AvgIpc) is 2.37. The summed E-state index contributed by atoms with van der Waals surface area (Å²) < 4.78 is 25.7. The van der Waals surface area contributed by atoms with Crippen LogP contribution >= 0.6 is 0 Å². The van der Waals surface area contributed by atoms with Crippen LogP contribution < -0.4 is 5.32 Å². The number of carboxylic acids is 1. The number of carboxylic acid groups (broad SMARTS) is 1. The molecule has 0 saturated carbocycles. The number of nitrogens with one attached hydrogen (secondary N) is 1. The highest BCUT2D eigenvalue weighted by atomic mass is 19.2. The van der Waals surface area contributed by atoms with Crippen molar-refractivity contribution in [3.63, 3.8) is 0 Å². The highest BCUT2D eigenvalue weighted by Gasteiger charge is 2.25. The molecule has 0 aromatic heterocycles. The summed E-state index contributed by atoms with van der Waals surface area (Å²) in [5, 5.41) is 11.3. The van der Waals surface area contributed by atoms with Gasteiger partial charge in [0.25, 0.3) is 5.91 Å². The molecule has 0 radical (unpaired) electrons. The Hall–Kier alpha value is -1.98. The molecule has 1 rings (SSSR count). The van der Waals surface area contributed by atoms with Gasteiger partial charge in [-0.1, -0.05) is 20.3 Å². The Labute approximate surface area is 109 Å². The molecule has 6 heteroatoms. The summed E-state index contributed by atoms with van der Waals surface area (Å²) in [6, 6.07) is 1.60. The second-order valence-electron chi connectivity index (χ2n) is 4.30. The molecule has 0 aliphatic rings. The van der Waals surface area contributed by atoms with Crippen molar-refractivity contribution >= 4 is 11.9 Å². The summed E-state index contributed by atoms with van der Waals surface area (Å²) in [6.07, 6.45) is 0.565. The molecule has 0 bridgehead atoms. The van der Waals surface area contributed by atoms with Crippen molar-refractivity contribution in [1.29, 1.82) is 0 Å². The maximum atomic E-state index is 13.0. The fourth-order valence-corrected chi connectivity index (χ4v) is 1.55. The number of hydrogen-bond acceptors (Lipinski definition) is 2. The lowest BCUT2D eigenvalue weighted by Crippen LogP contribution is -2.45. The van der Waals surface area contributed by atoms with Crippen molar-refractivity contribution in [3.8, 4) is 0 Å². The monoisotopic (exact) mass is 271 g/mol. The molecule has 0 fully saturated rings. The third-order valence-electron chi connectivity index (χ3n) is 2.95. The standard InChI is InChI=1S/C13H15F2NO3/c1-3-7(2)11(13(18)19)16-12(17)8-4-5-9(14)10(15)6-8/h4-7,11H,3H2,1-2H3,(H,16,17)(H,18,19). The first kappa shape index (κ1) is 15.1. The van der Waals surface area contributed by atoms with E-state index in [9.17, 15) is 18.4 Å². The largest absolute Gasteiger partial charge is 0.480 e. The highest BCUT2D eigenvalue weighted by molar-refractivity contribution is 5.96. The van der Waals surface area contributed by atoms with Crippen molar-refractivity contribution in [2.24, 2.45) is 5.92 Å². The normalized spacial score (nSPS) is 13.7. The fourth-order valence-electron chi connectivity index (χ4n) is 1.55. The second kappa shape index (κ2) is 6.26. The first-order valence-corrected chi connectivity index (χ1v) is 5.85. The molecule has 19 heavy (non-hydrogen) atoms. The van der Waals surface area contributed by atoms with Gasteiger partial charge in [0, 0.05) is 5.56 Å². The Morgan fingerprint density at radius 3 is 2.42 bits per heavy atom. The SMILES string of the molecule is CCC(C)C(NC(=O)c1ccc(F)c(F)c1)C(=O)O. The molecule has 4 nitrogen and oxygen atoms in total. The molecule has 0 aliphatic carbocycles. The minimum atomic E-state index is -1.16. The van der Waals surface area contributed by atoms with Gasteiger partial charge >= 0.3 is 5.97 Å². The Balaban J connectivity index is 2.87. The molecular formula is C13H15F2NO3. The van der Waals surface area contributed by atoms with Crippen LogP contribution in [0.2, 0.25) is 0 Å². The number of benzene rings is 1. The molecule has 1 aromatic carbocycles. The number of hydrogen-bond donors (Lipinski definition) is 2. The smallest absolute Gasteiger partial charge is 0.326 e. The van der Waals surface area contributed by atoms with Crippen LogP contribution in [0.1, 0.15) is 30.6 Å². The summed E-state index contributed by atoms with van der Waals surface area (Å²) in [6.45, 7) is 3.48. The van der Waals surface area contributed by atoms with Crippen LogP contribution in [0, 0.1) is 17.6 Å². The average molecular weight is 271 g/mol. The zero-order valence-corrected chi connectivity index (χ0v) is 10.6. The van der Waals surface area contributed by atoms with Crippen molar-refractivity contribution in [2.45, 2.75) is 26.3 Å². The van der Waals surface area contributed by atoms with Gasteiger partial charge in [-0.25, -0.2) is 13.6 Å². The van der Waals surface area contributed by atoms with Crippen LogP contribution in [0.25, 0.3) is 0 Å². The Bertz CT molecular complexity index is 491. The summed E-state index contributed by atoms with van der Waals surface area (Å²) >= 11 is 0. The topological polar surface area (TPSA) is 66.4 Å². The van der Waals surface area contributed by atoms with E-state index in [2.05, 4.69) is 5.32 Å². The summed E-state index contributed by atoms with van der Waals surface area (Å²) in [5.41, 5.74) is -0.117. The van der Waals surface area contributed by atoms with Crippen LogP contribution in [0.5, 0.6) is 0 Å². The molecule has 2 N–H and O–H groups in total. The third kappa shape index (κ3) is 3.74. The lowest BCUT2D eigenvalue weighted by atomic mass is 9.99. The molecule has 1 aromatic rings. The number of carbonyl (C=O) groups is 2. The van der Waals surface area contributed by atoms with E-state index in [1.165, 1.54) is 0 Å². The predicted octanol–water partition coefficient (Wildman–Crippen LogP) is 2.19. The molecule has 1 amide bonds. The lowest BCUT2D eigenvalue weighted by Gasteiger charge is -2.20. The number of halogens is 2. The van der Waals surface area contributed by atoms with E-state index in [4.69, 9.17) is 5.11 Å². The van der Waals surface area contributed by atoms with Gasteiger partial charge in [-0.15, -0.1) is 0 Å². The van der Waals surface area contributed by atoms with Gasteiger partial charge in [0.1, 0.15) is 6.04 Å². The zero-order chi connectivity index (χ0) is 14.6. The van der Waals surface area contributed by atoms with Crippen LogP contribution in [0.3, 0.4) is 0 Å². The van der Waals surface area contributed by atoms with E-state index in [-0.39, 0.29) is 11.5 Å². The maximum Gasteiger partial charge on any atom is 0.326 e. The van der Waals surface area contributed by atoms with E-state index < -0.39 is 29.6 Å². The molecule has 0 spiro atoms. The molecule has 104 valence electrons. The van der Waals surface area contributed by atoms with Gasteiger partial charge in [0.15, 0.2) is 11.6 Å². The van der Waals surface area contributed by atoms with E-state index in [0.717, 1.165) is 18.2 Å². The minimum Gasteiger partial charge on any atom is -0.480 e. The predicted molar refractivity (Wildman–Crippen MR) is 64.7 cm³/mol. The summed E-state index contributed by atoms with van der Waals surface area (Å²) in [7, 11) is 0. The van der Waals surface area contributed by atoms with Crippen molar-refractivity contribution < 1.29 is 23.5 Å². The Kier molecular flexibility index (Phi) is 4.97. The maximum absolute atomic E-state index is 13.0. The summed E-state index contributed by atoms with van der Waals surface area (Å²) in [5.74, 6) is -4.39. The molecular weight excluding hydrogens is 256 g/mol.